The van der Waals surface area contributed by atoms with Gasteiger partial charge in [0.05, 0.1) is 17.7 Å². The summed E-state index contributed by atoms with van der Waals surface area (Å²) >= 11 is 0. The number of methoxy groups -OCH3 is 1. The second-order valence-corrected chi connectivity index (χ2v) is 13.3. The molecule has 1 N–H and O–H groups in total. The van der Waals surface area contributed by atoms with Gasteiger partial charge in [0, 0.05) is 12.1 Å². The van der Waals surface area contributed by atoms with Crippen LogP contribution in [-0.4, -0.2) is 50.4 Å². The maximum absolute atomic E-state index is 14.1. The third-order valence-electron chi connectivity index (χ3n) is 6.66. The predicted molar refractivity (Wildman–Crippen MR) is 163 cm³/mol. The minimum Gasteiger partial charge on any atom is -0.497 e. The first kappa shape index (κ1) is 31.7. The number of amides is 2. The standard InChI is InChI=1S/C32H41N3O5S/c1-22-12-15-28(16-13-22)41(38,39)35(29-17-14-23(2)18-24(29)3)21-30(36)34(25(4)31(37)33-32(5,6)7)20-26-10-9-11-27(19-26)40-8/h9-19,25H,20-21H2,1-8H3,(H,33,37). The van der Waals surface area contributed by atoms with Crippen LogP contribution >= 0.6 is 0 Å². The molecule has 0 aliphatic carbocycles. The van der Waals surface area contributed by atoms with Crippen LogP contribution in [0.4, 0.5) is 5.69 Å². The molecule has 9 heteroatoms. The zero-order valence-electron chi connectivity index (χ0n) is 25.2. The Morgan fingerprint density at radius 1 is 0.927 bits per heavy atom. The van der Waals surface area contributed by atoms with E-state index in [-0.39, 0.29) is 17.3 Å². The molecule has 0 saturated carbocycles. The number of ether oxygens (including phenoxy) is 1. The van der Waals surface area contributed by atoms with E-state index in [2.05, 4.69) is 5.32 Å². The van der Waals surface area contributed by atoms with E-state index in [0.717, 1.165) is 21.0 Å². The topological polar surface area (TPSA) is 96.0 Å². The van der Waals surface area contributed by atoms with E-state index in [4.69, 9.17) is 4.74 Å². The molecule has 0 aliphatic rings. The van der Waals surface area contributed by atoms with Crippen molar-refractivity contribution in [2.24, 2.45) is 0 Å². The highest BCUT2D eigenvalue weighted by molar-refractivity contribution is 7.92. The molecule has 41 heavy (non-hydrogen) atoms. The number of nitrogens with one attached hydrogen (secondary N) is 1. The maximum atomic E-state index is 14.1. The first-order valence-corrected chi connectivity index (χ1v) is 15.0. The smallest absolute Gasteiger partial charge is 0.264 e. The second-order valence-electron chi connectivity index (χ2n) is 11.4. The number of benzene rings is 3. The molecular weight excluding hydrogens is 538 g/mol. The Morgan fingerprint density at radius 2 is 1.56 bits per heavy atom. The van der Waals surface area contributed by atoms with Crippen molar-refractivity contribution in [3.8, 4) is 5.75 Å². The van der Waals surface area contributed by atoms with E-state index in [0.29, 0.717) is 17.0 Å². The highest BCUT2D eigenvalue weighted by Gasteiger charge is 2.34. The molecule has 0 heterocycles. The molecule has 3 aromatic carbocycles. The summed E-state index contributed by atoms with van der Waals surface area (Å²) in [5, 5.41) is 2.93. The summed E-state index contributed by atoms with van der Waals surface area (Å²) in [4.78, 5) is 28.9. The Balaban J connectivity index is 2.08. The van der Waals surface area contributed by atoms with Gasteiger partial charge >= 0.3 is 0 Å². The van der Waals surface area contributed by atoms with Crippen LogP contribution in [0.15, 0.2) is 71.6 Å². The third-order valence-corrected chi connectivity index (χ3v) is 8.44. The van der Waals surface area contributed by atoms with Gasteiger partial charge in [-0.25, -0.2) is 8.42 Å². The highest BCUT2D eigenvalue weighted by atomic mass is 32.2. The summed E-state index contributed by atoms with van der Waals surface area (Å²) < 4.78 is 34.6. The zero-order chi connectivity index (χ0) is 30.5. The van der Waals surface area contributed by atoms with Crippen LogP contribution in [0, 0.1) is 20.8 Å². The molecule has 2 amide bonds. The van der Waals surface area contributed by atoms with Crippen molar-refractivity contribution in [3.63, 3.8) is 0 Å². The molecule has 1 unspecified atom stereocenters. The number of carbonyl (C=O) groups is 2. The van der Waals surface area contributed by atoms with Crippen LogP contribution in [0.3, 0.4) is 0 Å². The maximum Gasteiger partial charge on any atom is 0.264 e. The Hall–Kier alpha value is -3.85. The van der Waals surface area contributed by atoms with Gasteiger partial charge in [-0.1, -0.05) is 47.5 Å². The van der Waals surface area contributed by atoms with Gasteiger partial charge in [0.25, 0.3) is 10.0 Å². The lowest BCUT2D eigenvalue weighted by Crippen LogP contribution is -2.54. The number of sulfonamides is 1. The molecule has 0 saturated heterocycles. The van der Waals surface area contributed by atoms with E-state index in [1.165, 1.54) is 4.90 Å². The number of anilines is 1. The van der Waals surface area contributed by atoms with Gasteiger partial charge in [0.1, 0.15) is 18.3 Å². The average molecular weight is 580 g/mol. The van der Waals surface area contributed by atoms with Gasteiger partial charge in [0.2, 0.25) is 11.8 Å². The lowest BCUT2D eigenvalue weighted by Gasteiger charge is -2.34. The number of carbonyl (C=O) groups excluding carboxylic acids is 2. The van der Waals surface area contributed by atoms with Crippen LogP contribution in [0.25, 0.3) is 0 Å². The minimum atomic E-state index is -4.13. The van der Waals surface area contributed by atoms with Gasteiger partial charge in [0.15, 0.2) is 0 Å². The van der Waals surface area contributed by atoms with E-state index < -0.39 is 34.1 Å². The van der Waals surface area contributed by atoms with Crippen molar-refractivity contribution in [3.05, 3.63) is 89.0 Å². The molecule has 0 spiro atoms. The van der Waals surface area contributed by atoms with Crippen LogP contribution in [-0.2, 0) is 26.2 Å². The van der Waals surface area contributed by atoms with Gasteiger partial charge in [-0.2, -0.15) is 0 Å². The van der Waals surface area contributed by atoms with E-state index >= 15 is 0 Å². The van der Waals surface area contributed by atoms with Crippen molar-refractivity contribution in [1.82, 2.24) is 10.2 Å². The fraction of sp³-hybridized carbons (Fsp3) is 0.375. The van der Waals surface area contributed by atoms with Gasteiger partial charge in [-0.3, -0.25) is 13.9 Å². The van der Waals surface area contributed by atoms with Crippen LogP contribution < -0.4 is 14.4 Å². The molecule has 0 bridgehead atoms. The number of hydrogen-bond donors (Lipinski definition) is 1. The van der Waals surface area contributed by atoms with Crippen molar-refractivity contribution in [2.45, 2.75) is 71.5 Å². The van der Waals surface area contributed by atoms with Crippen molar-refractivity contribution in [1.29, 1.82) is 0 Å². The SMILES string of the molecule is COc1cccc(CN(C(=O)CN(c2ccc(C)cc2C)S(=O)(=O)c2ccc(C)cc2)C(C)C(=O)NC(C)(C)C)c1. The normalized spacial score (nSPS) is 12.4. The number of nitrogens with zero attached hydrogens (tertiary/aromatic N) is 2. The Bertz CT molecular complexity index is 1490. The Morgan fingerprint density at radius 3 is 2.15 bits per heavy atom. The van der Waals surface area contributed by atoms with Crippen molar-refractivity contribution < 1.29 is 22.7 Å². The fourth-order valence-corrected chi connectivity index (χ4v) is 5.94. The quantitative estimate of drug-likeness (QED) is 0.359. The second kappa shape index (κ2) is 12.8. The first-order chi connectivity index (χ1) is 19.1. The summed E-state index contributed by atoms with van der Waals surface area (Å²) in [6.45, 7) is 12.4. The molecule has 1 atom stereocenters. The van der Waals surface area contributed by atoms with Gasteiger partial charge in [-0.05, 0) is 89.9 Å². The molecule has 0 radical (unpaired) electrons. The Kier molecular flexibility index (Phi) is 9.86. The molecule has 3 rings (SSSR count). The molecular formula is C32H41N3O5S. The molecule has 8 nitrogen and oxygen atoms in total. The zero-order valence-corrected chi connectivity index (χ0v) is 26.0. The largest absolute Gasteiger partial charge is 0.497 e. The lowest BCUT2D eigenvalue weighted by atomic mass is 10.1. The minimum absolute atomic E-state index is 0.0775. The fourth-order valence-electron chi connectivity index (χ4n) is 4.46. The molecule has 0 fully saturated rings. The van der Waals surface area contributed by atoms with E-state index in [1.54, 1.807) is 62.6 Å². The monoisotopic (exact) mass is 579 g/mol. The first-order valence-electron chi connectivity index (χ1n) is 13.5. The predicted octanol–water partition coefficient (Wildman–Crippen LogP) is 5.15. The average Bonchev–Trinajstić information content (AvgIpc) is 2.89. The van der Waals surface area contributed by atoms with Gasteiger partial charge in [-0.15, -0.1) is 0 Å². The molecule has 220 valence electrons. The van der Waals surface area contributed by atoms with Crippen molar-refractivity contribution in [2.75, 3.05) is 18.0 Å². The number of rotatable bonds is 10. The van der Waals surface area contributed by atoms with Crippen LogP contribution in [0.1, 0.15) is 49.9 Å². The van der Waals surface area contributed by atoms with E-state index in [9.17, 15) is 18.0 Å². The molecule has 3 aromatic rings. The molecule has 0 aromatic heterocycles. The number of aryl methyl sites for hydroxylation is 3. The molecule has 0 aliphatic heterocycles. The lowest BCUT2D eigenvalue weighted by molar-refractivity contribution is -0.140. The summed E-state index contributed by atoms with van der Waals surface area (Å²) in [6.07, 6.45) is 0. The van der Waals surface area contributed by atoms with Crippen LogP contribution in [0.2, 0.25) is 0 Å². The highest BCUT2D eigenvalue weighted by Crippen LogP contribution is 2.28. The van der Waals surface area contributed by atoms with E-state index in [1.807, 2.05) is 59.7 Å². The summed E-state index contributed by atoms with van der Waals surface area (Å²) in [5.74, 6) is -0.242. The summed E-state index contributed by atoms with van der Waals surface area (Å²) in [7, 11) is -2.57. The summed E-state index contributed by atoms with van der Waals surface area (Å²) in [6, 6.07) is 18.3. The van der Waals surface area contributed by atoms with Crippen molar-refractivity contribution >= 4 is 27.5 Å². The van der Waals surface area contributed by atoms with Gasteiger partial charge < -0.3 is 15.0 Å². The van der Waals surface area contributed by atoms with Crippen LogP contribution in [0.5, 0.6) is 5.75 Å². The third kappa shape index (κ3) is 8.10. The Labute approximate surface area is 244 Å². The summed E-state index contributed by atoms with van der Waals surface area (Å²) in [5.41, 5.74) is 3.23. The number of hydrogen-bond acceptors (Lipinski definition) is 5.